The van der Waals surface area contributed by atoms with Gasteiger partial charge in [-0.15, -0.1) is 0 Å². The number of carbonyl (C=O) groups is 1. The van der Waals surface area contributed by atoms with Gasteiger partial charge in [0.15, 0.2) is 11.5 Å². The quantitative estimate of drug-likeness (QED) is 0.561. The van der Waals surface area contributed by atoms with Gasteiger partial charge < -0.3 is 19.9 Å². The van der Waals surface area contributed by atoms with Crippen LogP contribution in [0.2, 0.25) is 0 Å². The van der Waals surface area contributed by atoms with E-state index in [2.05, 4.69) is 16.2 Å². The highest BCUT2D eigenvalue weighted by atomic mass is 16.5. The second kappa shape index (κ2) is 9.03. The minimum absolute atomic E-state index is 0.00766. The van der Waals surface area contributed by atoms with Gasteiger partial charge in [-0.25, -0.2) is 10.9 Å². The zero-order chi connectivity index (χ0) is 18.4. The molecule has 4 atom stereocenters. The van der Waals surface area contributed by atoms with Gasteiger partial charge in [-0.1, -0.05) is 26.3 Å². The van der Waals surface area contributed by atoms with Crippen molar-refractivity contribution in [3.05, 3.63) is 23.8 Å². The number of hydrogen-bond donors (Lipinski definition) is 4. The Morgan fingerprint density at radius 2 is 2.04 bits per heavy atom. The lowest BCUT2D eigenvalue weighted by Crippen LogP contribution is -2.50. The average molecular weight is 351 g/mol. The number of aliphatic hydroxyl groups excluding tert-OH is 1. The normalized spacial score (nSPS) is 22.3. The van der Waals surface area contributed by atoms with E-state index in [1.165, 1.54) is 0 Å². The largest absolute Gasteiger partial charge is 0.493 e. The van der Waals surface area contributed by atoms with Crippen LogP contribution in [-0.2, 0) is 4.79 Å². The van der Waals surface area contributed by atoms with Crippen molar-refractivity contribution in [3.8, 4) is 11.5 Å². The molecule has 25 heavy (non-hydrogen) atoms. The van der Waals surface area contributed by atoms with Gasteiger partial charge in [0.1, 0.15) is 6.04 Å². The van der Waals surface area contributed by atoms with Crippen molar-refractivity contribution in [1.29, 1.82) is 0 Å². The molecule has 1 aliphatic heterocycles. The molecule has 1 aromatic carbocycles. The summed E-state index contributed by atoms with van der Waals surface area (Å²) < 4.78 is 10.6. The molecule has 0 spiro atoms. The van der Waals surface area contributed by atoms with Crippen LogP contribution in [0.4, 0.5) is 0 Å². The van der Waals surface area contributed by atoms with Crippen molar-refractivity contribution in [2.75, 3.05) is 20.8 Å². The Kier molecular flexibility index (Phi) is 7.04. The predicted molar refractivity (Wildman–Crippen MR) is 95.4 cm³/mol. The Bertz CT molecular complexity index is 581. The standard InChI is InChI=1S/C18H29N3O4/c1-5-11(2)15(10-22)19-18(23)14-9-13(20-21-14)12-6-7-16(24-3)17(8-12)25-4/h6-8,11,13-15,20-22H,5,9-10H2,1-4H3,(H,19,23)/t11-,13?,14?,15-/m0/s1. The lowest BCUT2D eigenvalue weighted by Gasteiger charge is -2.23. The summed E-state index contributed by atoms with van der Waals surface area (Å²) in [6.07, 6.45) is 1.51. The smallest absolute Gasteiger partial charge is 0.238 e. The minimum atomic E-state index is -0.351. The molecule has 0 bridgehead atoms. The first-order valence-electron chi connectivity index (χ1n) is 8.68. The summed E-state index contributed by atoms with van der Waals surface area (Å²) in [6.45, 7) is 4.01. The van der Waals surface area contributed by atoms with Gasteiger partial charge in [0.05, 0.1) is 26.9 Å². The predicted octanol–water partition coefficient (Wildman–Crippen LogP) is 1.13. The molecule has 1 fully saturated rings. The Labute approximate surface area is 149 Å². The monoisotopic (exact) mass is 351 g/mol. The number of hydrazine groups is 1. The highest BCUT2D eigenvalue weighted by Gasteiger charge is 2.32. The third-order valence-corrected chi connectivity index (χ3v) is 4.88. The number of carbonyl (C=O) groups excluding carboxylic acids is 1. The summed E-state index contributed by atoms with van der Waals surface area (Å²) >= 11 is 0. The maximum atomic E-state index is 12.5. The number of benzene rings is 1. The Morgan fingerprint density at radius 1 is 1.32 bits per heavy atom. The molecule has 7 heteroatoms. The molecule has 2 rings (SSSR count). The molecule has 1 saturated heterocycles. The number of ether oxygens (including phenoxy) is 2. The molecule has 1 amide bonds. The molecule has 1 aliphatic rings. The van der Waals surface area contributed by atoms with Crippen molar-refractivity contribution >= 4 is 5.91 Å². The van der Waals surface area contributed by atoms with Crippen LogP contribution in [0, 0.1) is 5.92 Å². The summed E-state index contributed by atoms with van der Waals surface area (Å²) in [5.41, 5.74) is 7.21. The van der Waals surface area contributed by atoms with Crippen molar-refractivity contribution in [2.24, 2.45) is 5.92 Å². The highest BCUT2D eigenvalue weighted by molar-refractivity contribution is 5.82. The fourth-order valence-corrected chi connectivity index (χ4v) is 2.95. The minimum Gasteiger partial charge on any atom is -0.493 e. The molecule has 2 unspecified atom stereocenters. The van der Waals surface area contributed by atoms with Gasteiger partial charge >= 0.3 is 0 Å². The fourth-order valence-electron chi connectivity index (χ4n) is 2.95. The second-order valence-corrected chi connectivity index (χ2v) is 6.43. The third kappa shape index (κ3) is 4.62. The average Bonchev–Trinajstić information content (AvgIpc) is 3.14. The molecule has 4 N–H and O–H groups in total. The number of amides is 1. The SMILES string of the molecule is CC[C@H](C)[C@H](CO)NC(=O)C1CC(c2ccc(OC)c(OC)c2)NN1. The lowest BCUT2D eigenvalue weighted by atomic mass is 9.98. The maximum absolute atomic E-state index is 12.5. The molecule has 0 radical (unpaired) electrons. The molecule has 0 aliphatic carbocycles. The first-order valence-corrected chi connectivity index (χ1v) is 8.68. The molecule has 0 aromatic heterocycles. The van der Waals surface area contributed by atoms with E-state index in [1.54, 1.807) is 14.2 Å². The van der Waals surface area contributed by atoms with Crippen molar-refractivity contribution < 1.29 is 19.4 Å². The summed E-state index contributed by atoms with van der Waals surface area (Å²) in [6, 6.07) is 5.14. The molecule has 1 aromatic rings. The fraction of sp³-hybridized carbons (Fsp3) is 0.611. The van der Waals surface area contributed by atoms with Gasteiger partial charge in [-0.3, -0.25) is 4.79 Å². The molecular formula is C18H29N3O4. The van der Waals surface area contributed by atoms with E-state index in [1.807, 2.05) is 32.0 Å². The first kappa shape index (κ1) is 19.5. The van der Waals surface area contributed by atoms with E-state index in [0.717, 1.165) is 12.0 Å². The van der Waals surface area contributed by atoms with Crippen LogP contribution in [0.15, 0.2) is 18.2 Å². The van der Waals surface area contributed by atoms with Crippen LogP contribution < -0.4 is 25.6 Å². The van der Waals surface area contributed by atoms with Crippen molar-refractivity contribution in [2.45, 2.75) is 44.8 Å². The molecule has 7 nitrogen and oxygen atoms in total. The van der Waals surface area contributed by atoms with Crippen LogP contribution in [0.25, 0.3) is 0 Å². The number of nitrogens with one attached hydrogen (secondary N) is 3. The van der Waals surface area contributed by atoms with Gasteiger partial charge in [-0.05, 0) is 30.0 Å². The van der Waals surface area contributed by atoms with Crippen molar-refractivity contribution in [1.82, 2.24) is 16.2 Å². The van der Waals surface area contributed by atoms with Crippen molar-refractivity contribution in [3.63, 3.8) is 0 Å². The zero-order valence-electron chi connectivity index (χ0n) is 15.3. The second-order valence-electron chi connectivity index (χ2n) is 6.43. The Morgan fingerprint density at radius 3 is 2.64 bits per heavy atom. The molecular weight excluding hydrogens is 322 g/mol. The van der Waals surface area contributed by atoms with Crippen LogP contribution in [-0.4, -0.2) is 43.9 Å². The van der Waals surface area contributed by atoms with E-state index in [-0.39, 0.29) is 36.6 Å². The maximum Gasteiger partial charge on any atom is 0.238 e. The van der Waals surface area contributed by atoms with E-state index in [0.29, 0.717) is 17.9 Å². The van der Waals surface area contributed by atoms with Gasteiger partial charge in [0.25, 0.3) is 0 Å². The number of rotatable bonds is 8. The third-order valence-electron chi connectivity index (χ3n) is 4.88. The topological polar surface area (TPSA) is 91.9 Å². The number of aliphatic hydroxyl groups is 1. The molecule has 1 heterocycles. The summed E-state index contributed by atoms with van der Waals surface area (Å²) in [7, 11) is 3.20. The zero-order valence-corrected chi connectivity index (χ0v) is 15.3. The first-order chi connectivity index (χ1) is 12.0. The van der Waals surface area contributed by atoms with Crippen LogP contribution in [0.1, 0.15) is 38.3 Å². The van der Waals surface area contributed by atoms with Gasteiger partial charge in [0, 0.05) is 6.04 Å². The number of hydrogen-bond acceptors (Lipinski definition) is 6. The van der Waals surface area contributed by atoms with Crippen LogP contribution in [0.5, 0.6) is 11.5 Å². The summed E-state index contributed by atoms with van der Waals surface area (Å²) in [5.74, 6) is 1.46. The van der Waals surface area contributed by atoms with Crippen LogP contribution >= 0.6 is 0 Å². The molecule has 140 valence electrons. The van der Waals surface area contributed by atoms with Gasteiger partial charge in [0.2, 0.25) is 5.91 Å². The Hall–Kier alpha value is -1.83. The number of methoxy groups -OCH3 is 2. The lowest BCUT2D eigenvalue weighted by molar-refractivity contribution is -0.124. The highest BCUT2D eigenvalue weighted by Crippen LogP contribution is 2.32. The Balaban J connectivity index is 2.00. The molecule has 0 saturated carbocycles. The van der Waals surface area contributed by atoms with E-state index in [9.17, 15) is 9.90 Å². The van der Waals surface area contributed by atoms with E-state index in [4.69, 9.17) is 9.47 Å². The summed E-state index contributed by atoms with van der Waals surface area (Å²) in [5, 5.41) is 12.4. The van der Waals surface area contributed by atoms with E-state index >= 15 is 0 Å². The van der Waals surface area contributed by atoms with Gasteiger partial charge in [-0.2, -0.15) is 0 Å². The van der Waals surface area contributed by atoms with Crippen LogP contribution in [0.3, 0.4) is 0 Å². The van der Waals surface area contributed by atoms with E-state index < -0.39 is 0 Å². The summed E-state index contributed by atoms with van der Waals surface area (Å²) in [4.78, 5) is 12.5.